The Morgan fingerprint density at radius 2 is 1.71 bits per heavy atom. The molecule has 92 valence electrons. The van der Waals surface area contributed by atoms with Gasteiger partial charge < -0.3 is 9.47 Å². The lowest BCUT2D eigenvalue weighted by Gasteiger charge is -2.22. The van der Waals surface area contributed by atoms with Crippen LogP contribution in [0.5, 0.6) is 11.5 Å². The zero-order valence-electron chi connectivity index (χ0n) is 10.6. The average Bonchev–Trinajstić information content (AvgIpc) is 2.50. The van der Waals surface area contributed by atoms with Gasteiger partial charge in [-0.1, -0.05) is 20.8 Å². The third kappa shape index (κ3) is 2.43. The Labute approximate surface area is 102 Å². The van der Waals surface area contributed by atoms with Crippen LogP contribution in [0.15, 0.2) is 12.1 Å². The number of fused-ring (bicyclic) bond motifs is 1. The van der Waals surface area contributed by atoms with Gasteiger partial charge in [0, 0.05) is 12.0 Å². The third-order valence-electron chi connectivity index (χ3n) is 2.85. The van der Waals surface area contributed by atoms with Crippen LogP contribution in [0.1, 0.15) is 43.1 Å². The van der Waals surface area contributed by atoms with E-state index in [2.05, 4.69) is 20.8 Å². The highest BCUT2D eigenvalue weighted by Crippen LogP contribution is 2.36. The molecule has 3 nitrogen and oxygen atoms in total. The second-order valence-corrected chi connectivity index (χ2v) is 5.30. The van der Waals surface area contributed by atoms with Crippen LogP contribution in [0, 0.1) is 0 Å². The molecule has 0 aliphatic carbocycles. The van der Waals surface area contributed by atoms with E-state index in [9.17, 15) is 4.79 Å². The van der Waals surface area contributed by atoms with Crippen molar-refractivity contribution in [3.63, 3.8) is 0 Å². The predicted molar refractivity (Wildman–Crippen MR) is 66.1 cm³/mol. The maximum Gasteiger partial charge on any atom is 0.161 e. The molecule has 1 heterocycles. The molecular formula is C14H18O3. The first-order valence-corrected chi connectivity index (χ1v) is 5.91. The van der Waals surface area contributed by atoms with Gasteiger partial charge in [0.05, 0.1) is 13.2 Å². The Balaban J connectivity index is 2.54. The maximum atomic E-state index is 11.1. The van der Waals surface area contributed by atoms with E-state index in [-0.39, 0.29) is 5.41 Å². The number of benzene rings is 1. The van der Waals surface area contributed by atoms with Gasteiger partial charge in [0.15, 0.2) is 11.5 Å². The quantitative estimate of drug-likeness (QED) is 0.701. The first-order valence-electron chi connectivity index (χ1n) is 5.91. The molecule has 0 radical (unpaired) electrons. The van der Waals surface area contributed by atoms with Gasteiger partial charge in [0.1, 0.15) is 6.29 Å². The highest BCUT2D eigenvalue weighted by atomic mass is 16.5. The summed E-state index contributed by atoms with van der Waals surface area (Å²) in [5.41, 5.74) is 1.60. The molecule has 0 aromatic heterocycles. The van der Waals surface area contributed by atoms with Gasteiger partial charge in [-0.2, -0.15) is 0 Å². The molecule has 0 fully saturated rings. The molecule has 0 saturated carbocycles. The second kappa shape index (κ2) is 4.40. The van der Waals surface area contributed by atoms with Gasteiger partial charge >= 0.3 is 0 Å². The summed E-state index contributed by atoms with van der Waals surface area (Å²) in [4.78, 5) is 11.1. The van der Waals surface area contributed by atoms with Gasteiger partial charge in [-0.05, 0) is 23.1 Å². The summed E-state index contributed by atoms with van der Waals surface area (Å²) >= 11 is 0. The first kappa shape index (κ1) is 12.0. The molecule has 1 aromatic carbocycles. The highest BCUT2D eigenvalue weighted by Gasteiger charge is 2.22. The molecule has 0 spiro atoms. The number of hydrogen-bond acceptors (Lipinski definition) is 3. The van der Waals surface area contributed by atoms with Crippen LogP contribution in [0.25, 0.3) is 0 Å². The number of hydrogen-bond donors (Lipinski definition) is 0. The van der Waals surface area contributed by atoms with Gasteiger partial charge in [-0.3, -0.25) is 4.79 Å². The zero-order chi connectivity index (χ0) is 12.5. The van der Waals surface area contributed by atoms with Crippen molar-refractivity contribution in [2.24, 2.45) is 0 Å². The van der Waals surface area contributed by atoms with Gasteiger partial charge in [0.2, 0.25) is 0 Å². The zero-order valence-corrected chi connectivity index (χ0v) is 10.6. The molecule has 3 heteroatoms. The van der Waals surface area contributed by atoms with Crippen molar-refractivity contribution in [2.75, 3.05) is 13.2 Å². The van der Waals surface area contributed by atoms with Crippen molar-refractivity contribution in [2.45, 2.75) is 32.6 Å². The van der Waals surface area contributed by atoms with Crippen molar-refractivity contribution in [3.8, 4) is 11.5 Å². The summed E-state index contributed by atoms with van der Waals surface area (Å²) in [7, 11) is 0. The van der Waals surface area contributed by atoms with Crippen LogP contribution in [0.4, 0.5) is 0 Å². The van der Waals surface area contributed by atoms with E-state index >= 15 is 0 Å². The smallest absolute Gasteiger partial charge is 0.161 e. The molecule has 1 aliphatic heterocycles. The number of aldehydes is 1. The van der Waals surface area contributed by atoms with Crippen LogP contribution in [0.3, 0.4) is 0 Å². The lowest BCUT2D eigenvalue weighted by molar-refractivity contribution is 0.112. The Hall–Kier alpha value is -1.51. The molecule has 2 rings (SSSR count). The van der Waals surface area contributed by atoms with Crippen LogP contribution in [-0.4, -0.2) is 19.5 Å². The maximum absolute atomic E-state index is 11.1. The fourth-order valence-electron chi connectivity index (χ4n) is 1.97. The van der Waals surface area contributed by atoms with E-state index in [1.165, 1.54) is 0 Å². The van der Waals surface area contributed by atoms with E-state index in [0.717, 1.165) is 24.0 Å². The largest absolute Gasteiger partial charge is 0.490 e. The topological polar surface area (TPSA) is 35.5 Å². The van der Waals surface area contributed by atoms with E-state index in [1.54, 1.807) is 6.07 Å². The molecule has 0 atom stereocenters. The Morgan fingerprint density at radius 3 is 2.24 bits per heavy atom. The second-order valence-electron chi connectivity index (χ2n) is 5.30. The summed E-state index contributed by atoms with van der Waals surface area (Å²) in [6.45, 7) is 7.55. The average molecular weight is 234 g/mol. The fraction of sp³-hybridized carbons (Fsp3) is 0.500. The molecule has 1 aromatic rings. The summed E-state index contributed by atoms with van der Waals surface area (Å²) in [5, 5.41) is 0. The standard InChI is InChI=1S/C14H18O3/c1-14(2,3)11-8-13-12(7-10(11)9-15)16-5-4-6-17-13/h7-9H,4-6H2,1-3H3. The fourth-order valence-corrected chi connectivity index (χ4v) is 1.97. The van der Waals surface area contributed by atoms with Crippen LogP contribution >= 0.6 is 0 Å². The summed E-state index contributed by atoms with van der Waals surface area (Å²) in [6.07, 6.45) is 1.76. The van der Waals surface area contributed by atoms with Gasteiger partial charge in [0.25, 0.3) is 0 Å². The number of rotatable bonds is 1. The molecule has 17 heavy (non-hydrogen) atoms. The van der Waals surface area contributed by atoms with Crippen LogP contribution < -0.4 is 9.47 Å². The summed E-state index contributed by atoms with van der Waals surface area (Å²) in [6, 6.07) is 3.72. The van der Waals surface area contributed by atoms with E-state index < -0.39 is 0 Å². The molecule has 1 aliphatic rings. The highest BCUT2D eigenvalue weighted by molar-refractivity contribution is 5.80. The summed E-state index contributed by atoms with van der Waals surface area (Å²) < 4.78 is 11.2. The Bertz CT molecular complexity index is 430. The van der Waals surface area contributed by atoms with Crippen LogP contribution in [0.2, 0.25) is 0 Å². The van der Waals surface area contributed by atoms with Gasteiger partial charge in [-0.15, -0.1) is 0 Å². The summed E-state index contributed by atoms with van der Waals surface area (Å²) in [5.74, 6) is 1.43. The van der Waals surface area contributed by atoms with Crippen LogP contribution in [-0.2, 0) is 5.41 Å². The number of carbonyl (C=O) groups excluding carboxylic acids is 1. The lowest BCUT2D eigenvalue weighted by Crippen LogP contribution is -2.14. The van der Waals surface area contributed by atoms with E-state index in [1.807, 2.05) is 6.07 Å². The van der Waals surface area contributed by atoms with Crippen molar-refractivity contribution in [1.82, 2.24) is 0 Å². The molecule has 0 bridgehead atoms. The SMILES string of the molecule is CC(C)(C)c1cc2c(cc1C=O)OCCCO2. The van der Waals surface area contributed by atoms with Gasteiger partial charge in [-0.25, -0.2) is 0 Å². The van der Waals surface area contributed by atoms with Crippen molar-refractivity contribution >= 4 is 6.29 Å². The van der Waals surface area contributed by atoms with Crippen molar-refractivity contribution in [3.05, 3.63) is 23.3 Å². The minimum atomic E-state index is -0.0824. The molecule has 0 unspecified atom stereocenters. The lowest BCUT2D eigenvalue weighted by atomic mass is 9.84. The van der Waals surface area contributed by atoms with Crippen molar-refractivity contribution < 1.29 is 14.3 Å². The molecular weight excluding hydrogens is 216 g/mol. The predicted octanol–water partition coefficient (Wildman–Crippen LogP) is 2.96. The van der Waals surface area contributed by atoms with E-state index in [4.69, 9.17) is 9.47 Å². The molecule has 0 saturated heterocycles. The normalized spacial score (nSPS) is 15.2. The minimum absolute atomic E-state index is 0.0824. The molecule has 0 amide bonds. The molecule has 0 N–H and O–H groups in total. The van der Waals surface area contributed by atoms with E-state index in [0.29, 0.717) is 24.5 Å². The third-order valence-corrected chi connectivity index (χ3v) is 2.85. The monoisotopic (exact) mass is 234 g/mol. The first-order chi connectivity index (χ1) is 8.02. The van der Waals surface area contributed by atoms with Crippen molar-refractivity contribution in [1.29, 1.82) is 0 Å². The Kier molecular flexibility index (Phi) is 3.09. The number of carbonyl (C=O) groups is 1. The minimum Gasteiger partial charge on any atom is -0.490 e. The Morgan fingerprint density at radius 1 is 1.12 bits per heavy atom. The number of ether oxygens (including phenoxy) is 2.